The molecular weight excluding hydrogens is 424 g/mol. The van der Waals surface area contributed by atoms with Gasteiger partial charge in [0.05, 0.1) is 15.6 Å². The Morgan fingerprint density at radius 1 is 1.19 bits per heavy atom. The topological polar surface area (TPSA) is 102 Å². The molecule has 3 aromatic rings. The van der Waals surface area contributed by atoms with Crippen molar-refractivity contribution in [1.29, 1.82) is 0 Å². The molecule has 140 valence electrons. The molecule has 3 rings (SSSR count). The van der Waals surface area contributed by atoms with E-state index in [0.29, 0.717) is 0 Å². The van der Waals surface area contributed by atoms with E-state index in [1.807, 2.05) is 0 Å². The highest BCUT2D eigenvalue weighted by Crippen LogP contribution is 2.31. The summed E-state index contributed by atoms with van der Waals surface area (Å²) in [7, 11) is -4.29. The molecule has 0 aliphatic heterocycles. The molecule has 0 saturated carbocycles. The summed E-state index contributed by atoms with van der Waals surface area (Å²) in [6, 6.07) is 5.76. The second kappa shape index (κ2) is 7.18. The summed E-state index contributed by atoms with van der Waals surface area (Å²) in [5.74, 6) is -1.40. The van der Waals surface area contributed by atoms with Crippen molar-refractivity contribution in [1.82, 2.24) is 4.98 Å². The third kappa shape index (κ3) is 4.04. The van der Waals surface area contributed by atoms with Crippen LogP contribution in [0.3, 0.4) is 0 Å². The summed E-state index contributed by atoms with van der Waals surface area (Å²) < 4.78 is 54.2. The lowest BCUT2D eigenvalue weighted by molar-refractivity contribution is -0.385. The fourth-order valence-corrected chi connectivity index (χ4v) is 4.60. The SMILES string of the molecule is O=[N+]([O-])c1ccc(Cl)c(S(=O)(=O)Nc2nc(-c3cc(F)ccc3F)cs2)c1. The van der Waals surface area contributed by atoms with Crippen LogP contribution in [0, 0.1) is 21.7 Å². The number of rotatable bonds is 5. The maximum Gasteiger partial charge on any atom is 0.270 e. The van der Waals surface area contributed by atoms with Crippen molar-refractivity contribution in [2.45, 2.75) is 4.90 Å². The number of nitro groups is 1. The Hall–Kier alpha value is -2.63. The summed E-state index contributed by atoms with van der Waals surface area (Å²) in [5.41, 5.74) is -0.564. The maximum absolute atomic E-state index is 13.8. The number of nitro benzene ring substituents is 1. The zero-order chi connectivity index (χ0) is 19.8. The summed E-state index contributed by atoms with van der Waals surface area (Å²) >= 11 is 6.67. The third-order valence-electron chi connectivity index (χ3n) is 3.35. The first-order chi connectivity index (χ1) is 12.7. The van der Waals surface area contributed by atoms with E-state index in [2.05, 4.69) is 9.71 Å². The molecule has 0 unspecified atom stereocenters. The van der Waals surface area contributed by atoms with Crippen LogP contribution in [0.15, 0.2) is 46.7 Å². The Labute approximate surface area is 160 Å². The van der Waals surface area contributed by atoms with Crippen molar-refractivity contribution >= 4 is 43.8 Å². The van der Waals surface area contributed by atoms with Gasteiger partial charge in [0.1, 0.15) is 16.5 Å². The Kier molecular flexibility index (Phi) is 5.09. The molecule has 27 heavy (non-hydrogen) atoms. The second-order valence-corrected chi connectivity index (χ2v) is 8.06. The van der Waals surface area contributed by atoms with Crippen LogP contribution in [0.1, 0.15) is 0 Å². The molecule has 0 aliphatic rings. The van der Waals surface area contributed by atoms with Crippen LogP contribution in [0.4, 0.5) is 19.6 Å². The highest BCUT2D eigenvalue weighted by Gasteiger charge is 2.23. The number of aromatic nitrogens is 1. The van der Waals surface area contributed by atoms with Gasteiger partial charge in [0.25, 0.3) is 15.7 Å². The van der Waals surface area contributed by atoms with Gasteiger partial charge in [-0.3, -0.25) is 14.8 Å². The van der Waals surface area contributed by atoms with Crippen LogP contribution in [-0.4, -0.2) is 18.3 Å². The largest absolute Gasteiger partial charge is 0.270 e. The van der Waals surface area contributed by atoms with Crippen LogP contribution in [0.25, 0.3) is 11.3 Å². The maximum atomic E-state index is 13.8. The molecule has 0 bridgehead atoms. The summed E-state index contributed by atoms with van der Waals surface area (Å²) in [5, 5.41) is 11.8. The van der Waals surface area contributed by atoms with Crippen LogP contribution in [-0.2, 0) is 10.0 Å². The van der Waals surface area contributed by atoms with E-state index in [4.69, 9.17) is 11.6 Å². The number of halogens is 3. The van der Waals surface area contributed by atoms with E-state index >= 15 is 0 Å². The number of nitrogens with zero attached hydrogens (tertiary/aromatic N) is 2. The molecule has 0 fully saturated rings. The normalized spacial score (nSPS) is 11.4. The van der Waals surface area contributed by atoms with Crippen molar-refractivity contribution in [3.05, 3.63) is 68.5 Å². The minimum atomic E-state index is -4.29. The zero-order valence-corrected chi connectivity index (χ0v) is 15.4. The lowest BCUT2D eigenvalue weighted by Gasteiger charge is -2.07. The number of anilines is 1. The summed E-state index contributed by atoms with van der Waals surface area (Å²) in [6.07, 6.45) is 0. The fraction of sp³-hybridized carbons (Fsp3) is 0. The van der Waals surface area contributed by atoms with Crippen molar-refractivity contribution in [3.63, 3.8) is 0 Å². The van der Waals surface area contributed by atoms with Gasteiger partial charge in [-0.2, -0.15) is 0 Å². The molecule has 2 aromatic carbocycles. The van der Waals surface area contributed by atoms with E-state index in [0.717, 1.165) is 47.7 Å². The lowest BCUT2D eigenvalue weighted by Crippen LogP contribution is -2.13. The zero-order valence-electron chi connectivity index (χ0n) is 13.0. The molecule has 1 aromatic heterocycles. The third-order valence-corrected chi connectivity index (χ3v) is 6.05. The van der Waals surface area contributed by atoms with Gasteiger partial charge in [-0.1, -0.05) is 11.6 Å². The molecule has 1 N–H and O–H groups in total. The first-order valence-corrected chi connectivity index (χ1v) is 9.79. The van der Waals surface area contributed by atoms with Crippen molar-refractivity contribution in [2.24, 2.45) is 0 Å². The van der Waals surface area contributed by atoms with Gasteiger partial charge < -0.3 is 0 Å². The Bertz CT molecular complexity index is 1150. The Balaban J connectivity index is 1.94. The summed E-state index contributed by atoms with van der Waals surface area (Å²) in [4.78, 5) is 13.5. The number of hydrogen-bond acceptors (Lipinski definition) is 6. The number of sulfonamides is 1. The lowest BCUT2D eigenvalue weighted by atomic mass is 10.1. The quantitative estimate of drug-likeness (QED) is 0.475. The molecule has 0 aliphatic carbocycles. The van der Waals surface area contributed by atoms with Crippen LogP contribution < -0.4 is 4.72 Å². The molecule has 0 amide bonds. The number of benzene rings is 2. The van der Waals surface area contributed by atoms with Crippen LogP contribution >= 0.6 is 22.9 Å². The number of hydrogen-bond donors (Lipinski definition) is 1. The molecule has 0 saturated heterocycles. The minimum Gasteiger partial charge on any atom is -0.258 e. The van der Waals surface area contributed by atoms with E-state index in [-0.39, 0.29) is 21.4 Å². The number of nitrogens with one attached hydrogen (secondary N) is 1. The average molecular weight is 432 g/mol. The molecule has 0 spiro atoms. The number of thiazole rings is 1. The van der Waals surface area contributed by atoms with E-state index in [9.17, 15) is 27.3 Å². The van der Waals surface area contributed by atoms with Gasteiger partial charge in [0.2, 0.25) is 0 Å². The smallest absolute Gasteiger partial charge is 0.258 e. The predicted molar refractivity (Wildman–Crippen MR) is 96.4 cm³/mol. The van der Waals surface area contributed by atoms with Gasteiger partial charge in [-0.15, -0.1) is 11.3 Å². The molecule has 1 heterocycles. The monoisotopic (exact) mass is 431 g/mol. The average Bonchev–Trinajstić information content (AvgIpc) is 3.04. The Morgan fingerprint density at radius 3 is 2.63 bits per heavy atom. The highest BCUT2D eigenvalue weighted by atomic mass is 35.5. The summed E-state index contributed by atoms with van der Waals surface area (Å²) in [6.45, 7) is 0. The van der Waals surface area contributed by atoms with Gasteiger partial charge in [0, 0.05) is 23.1 Å². The first kappa shape index (κ1) is 19.1. The van der Waals surface area contributed by atoms with Crippen molar-refractivity contribution in [3.8, 4) is 11.3 Å². The van der Waals surface area contributed by atoms with E-state index in [1.54, 1.807) is 0 Å². The van der Waals surface area contributed by atoms with Crippen LogP contribution in [0.2, 0.25) is 5.02 Å². The van der Waals surface area contributed by atoms with Crippen molar-refractivity contribution in [2.75, 3.05) is 4.72 Å². The second-order valence-electron chi connectivity index (χ2n) is 5.14. The molecular formula is C15H8ClF2N3O4S2. The minimum absolute atomic E-state index is 0.0276. The highest BCUT2D eigenvalue weighted by molar-refractivity contribution is 7.93. The molecule has 0 radical (unpaired) electrons. The van der Waals surface area contributed by atoms with Crippen LogP contribution in [0.5, 0.6) is 0 Å². The van der Waals surface area contributed by atoms with Gasteiger partial charge in [-0.25, -0.2) is 22.2 Å². The number of non-ortho nitro benzene ring substituents is 1. The van der Waals surface area contributed by atoms with Gasteiger partial charge in [0.15, 0.2) is 5.13 Å². The standard InChI is InChI=1S/C15H8ClF2N3O4S2/c16-11-3-2-9(21(22)23)6-14(11)27(24,25)20-15-19-13(7-26-15)10-5-8(17)1-4-12(10)18/h1-7H,(H,19,20). The first-order valence-electron chi connectivity index (χ1n) is 7.05. The van der Waals surface area contributed by atoms with E-state index < -0.39 is 37.2 Å². The molecule has 12 heteroatoms. The fourth-order valence-electron chi connectivity index (χ4n) is 2.12. The molecule has 7 nitrogen and oxygen atoms in total. The predicted octanol–water partition coefficient (Wildman–Crippen LogP) is 4.45. The van der Waals surface area contributed by atoms with E-state index in [1.165, 1.54) is 5.38 Å². The van der Waals surface area contributed by atoms with Gasteiger partial charge in [-0.05, 0) is 24.3 Å². The van der Waals surface area contributed by atoms with Gasteiger partial charge >= 0.3 is 0 Å². The Morgan fingerprint density at radius 2 is 1.93 bits per heavy atom. The molecule has 0 atom stereocenters. The van der Waals surface area contributed by atoms with Crippen molar-refractivity contribution < 1.29 is 22.1 Å².